The minimum atomic E-state index is 0.0790. The van der Waals surface area contributed by atoms with Gasteiger partial charge in [-0.25, -0.2) is 0 Å². The highest BCUT2D eigenvalue weighted by molar-refractivity contribution is 8.03. The van der Waals surface area contributed by atoms with E-state index in [0.29, 0.717) is 17.1 Å². The average Bonchev–Trinajstić information content (AvgIpc) is 3.13. The van der Waals surface area contributed by atoms with Gasteiger partial charge in [0.05, 0.1) is 11.5 Å². The second-order valence-electron chi connectivity index (χ2n) is 5.64. The fourth-order valence-electron chi connectivity index (χ4n) is 2.51. The van der Waals surface area contributed by atoms with Gasteiger partial charge in [0, 0.05) is 18.7 Å². The molecule has 2 heterocycles. The van der Waals surface area contributed by atoms with E-state index in [9.17, 15) is 9.59 Å². The number of aromatic nitrogens is 2. The first-order chi connectivity index (χ1) is 12.2. The van der Waals surface area contributed by atoms with E-state index in [4.69, 9.17) is 0 Å². The number of benzene rings is 1. The summed E-state index contributed by atoms with van der Waals surface area (Å²) in [4.78, 5) is 26.2. The van der Waals surface area contributed by atoms with Crippen LogP contribution >= 0.6 is 34.9 Å². The number of rotatable bonds is 7. The average molecular weight is 394 g/mol. The van der Waals surface area contributed by atoms with E-state index >= 15 is 0 Å². The quantitative estimate of drug-likeness (QED) is 0.529. The summed E-state index contributed by atoms with van der Waals surface area (Å²) in [7, 11) is 0. The molecular formula is C17H19N3O2S3. The highest BCUT2D eigenvalue weighted by Crippen LogP contribution is 2.29. The van der Waals surface area contributed by atoms with Crippen molar-refractivity contribution in [2.75, 3.05) is 24.6 Å². The fraction of sp³-hybridized carbons (Fsp3) is 0.412. The minimum Gasteiger partial charge on any atom is -0.342 e. The van der Waals surface area contributed by atoms with Crippen LogP contribution in [0.15, 0.2) is 39.0 Å². The van der Waals surface area contributed by atoms with Crippen LogP contribution in [0.3, 0.4) is 0 Å². The Bertz CT molecular complexity index is 715. The van der Waals surface area contributed by atoms with Crippen molar-refractivity contribution in [2.45, 2.75) is 27.9 Å². The lowest BCUT2D eigenvalue weighted by Crippen LogP contribution is -2.36. The number of amides is 1. The Kier molecular flexibility index (Phi) is 6.89. The van der Waals surface area contributed by atoms with Gasteiger partial charge >= 0.3 is 0 Å². The number of thioether (sulfide) groups is 2. The highest BCUT2D eigenvalue weighted by Gasteiger charge is 2.17. The molecule has 8 heteroatoms. The maximum atomic E-state index is 12.2. The van der Waals surface area contributed by atoms with Gasteiger partial charge in [0.25, 0.3) is 0 Å². The number of Topliss-reactive ketones (excluding diaryl/α,β-unsaturated/α-hetero) is 1. The highest BCUT2D eigenvalue weighted by atomic mass is 32.2. The van der Waals surface area contributed by atoms with E-state index in [2.05, 4.69) is 10.2 Å². The zero-order chi connectivity index (χ0) is 17.5. The molecule has 0 N–H and O–H groups in total. The standard InChI is InChI=1S/C17H19N3O2S3/c21-14(13-7-3-1-4-8-13)11-23-16-18-19-17(25-16)24-12-15(22)20-9-5-2-6-10-20/h1,3-4,7-8H,2,5-6,9-12H2. The monoisotopic (exact) mass is 393 g/mol. The molecule has 1 aliphatic rings. The molecule has 1 aromatic heterocycles. The smallest absolute Gasteiger partial charge is 0.233 e. The van der Waals surface area contributed by atoms with Crippen molar-refractivity contribution >= 4 is 46.6 Å². The third-order valence-corrected chi connectivity index (χ3v) is 7.01. The lowest BCUT2D eigenvalue weighted by Gasteiger charge is -2.26. The van der Waals surface area contributed by atoms with Gasteiger partial charge < -0.3 is 4.90 Å². The zero-order valence-corrected chi connectivity index (χ0v) is 16.2. The van der Waals surface area contributed by atoms with Crippen molar-refractivity contribution in [3.05, 3.63) is 35.9 Å². The van der Waals surface area contributed by atoms with Crippen LogP contribution in [0, 0.1) is 0 Å². The van der Waals surface area contributed by atoms with Gasteiger partial charge in [-0.2, -0.15) is 0 Å². The first kappa shape index (κ1) is 18.4. The Morgan fingerprint density at radius 1 is 0.960 bits per heavy atom. The van der Waals surface area contributed by atoms with Crippen molar-refractivity contribution in [3.8, 4) is 0 Å². The maximum absolute atomic E-state index is 12.2. The molecule has 0 unspecified atom stereocenters. The summed E-state index contributed by atoms with van der Waals surface area (Å²) in [5, 5.41) is 8.22. The zero-order valence-electron chi connectivity index (χ0n) is 13.7. The van der Waals surface area contributed by atoms with Gasteiger partial charge in [-0.3, -0.25) is 9.59 Å². The summed E-state index contributed by atoms with van der Waals surface area (Å²) in [5.74, 6) is 1.00. The number of nitrogens with zero attached hydrogens (tertiary/aromatic N) is 3. The van der Waals surface area contributed by atoms with Crippen molar-refractivity contribution in [3.63, 3.8) is 0 Å². The molecule has 1 saturated heterocycles. The molecule has 0 aliphatic carbocycles. The first-order valence-electron chi connectivity index (χ1n) is 8.17. The number of carbonyl (C=O) groups is 2. The van der Waals surface area contributed by atoms with Gasteiger partial charge in [-0.15, -0.1) is 10.2 Å². The molecule has 132 valence electrons. The summed E-state index contributed by atoms with van der Waals surface area (Å²) >= 11 is 4.26. The molecule has 1 fully saturated rings. The topological polar surface area (TPSA) is 63.2 Å². The fourth-order valence-corrected chi connectivity index (χ4v) is 5.32. The summed E-state index contributed by atoms with van der Waals surface area (Å²) in [6, 6.07) is 9.24. The predicted octanol–water partition coefficient (Wildman–Crippen LogP) is 3.62. The van der Waals surface area contributed by atoms with Gasteiger partial charge in [0.15, 0.2) is 14.5 Å². The molecule has 2 aromatic rings. The van der Waals surface area contributed by atoms with Crippen LogP contribution in [0.2, 0.25) is 0 Å². The largest absolute Gasteiger partial charge is 0.342 e. The molecular weight excluding hydrogens is 374 g/mol. The van der Waals surface area contributed by atoms with Crippen molar-refractivity contribution < 1.29 is 9.59 Å². The molecule has 0 spiro atoms. The molecule has 0 saturated carbocycles. The van der Waals surface area contributed by atoms with Crippen molar-refractivity contribution in [1.29, 1.82) is 0 Å². The van der Waals surface area contributed by atoms with Crippen LogP contribution in [-0.4, -0.2) is 51.4 Å². The van der Waals surface area contributed by atoms with Crippen LogP contribution < -0.4 is 0 Å². The Hall–Kier alpha value is -1.38. The summed E-state index contributed by atoms with van der Waals surface area (Å²) in [5.41, 5.74) is 0.709. The number of likely N-dealkylation sites (tertiary alicyclic amines) is 1. The number of hydrogen-bond donors (Lipinski definition) is 0. The SMILES string of the molecule is O=C(CSc1nnc(SCC(=O)N2CCCCC2)s1)c1ccccc1. The molecule has 5 nitrogen and oxygen atoms in total. The summed E-state index contributed by atoms with van der Waals surface area (Å²) in [6.07, 6.45) is 3.42. The number of ketones is 1. The van der Waals surface area contributed by atoms with Gasteiger partial charge in [-0.05, 0) is 19.3 Å². The van der Waals surface area contributed by atoms with Gasteiger partial charge in [0.1, 0.15) is 0 Å². The molecule has 1 aliphatic heterocycles. The Balaban J connectivity index is 1.44. The minimum absolute atomic E-state index is 0.0790. The number of carbonyl (C=O) groups excluding carboxylic acids is 2. The van der Waals surface area contributed by atoms with Crippen LogP contribution in [0.1, 0.15) is 29.6 Å². The third kappa shape index (κ3) is 5.55. The van der Waals surface area contributed by atoms with Crippen LogP contribution in [-0.2, 0) is 4.79 Å². The normalized spacial score (nSPS) is 14.5. The van der Waals surface area contributed by atoms with Crippen LogP contribution in [0.4, 0.5) is 0 Å². The summed E-state index contributed by atoms with van der Waals surface area (Å²) in [6.45, 7) is 1.75. The van der Waals surface area contributed by atoms with E-state index in [1.165, 1.54) is 41.3 Å². The molecule has 0 radical (unpaired) electrons. The molecule has 1 amide bonds. The van der Waals surface area contributed by atoms with Crippen LogP contribution in [0.5, 0.6) is 0 Å². The van der Waals surface area contributed by atoms with E-state index in [0.717, 1.165) is 34.6 Å². The van der Waals surface area contributed by atoms with Crippen LogP contribution in [0.25, 0.3) is 0 Å². The number of hydrogen-bond acceptors (Lipinski definition) is 7. The van der Waals surface area contributed by atoms with Crippen molar-refractivity contribution in [1.82, 2.24) is 15.1 Å². The Morgan fingerprint density at radius 2 is 1.60 bits per heavy atom. The Morgan fingerprint density at radius 3 is 2.28 bits per heavy atom. The third-order valence-electron chi connectivity index (χ3n) is 3.84. The predicted molar refractivity (Wildman–Crippen MR) is 103 cm³/mol. The van der Waals surface area contributed by atoms with Crippen molar-refractivity contribution in [2.24, 2.45) is 0 Å². The van der Waals surface area contributed by atoms with Gasteiger partial charge in [0.2, 0.25) is 5.91 Å². The lowest BCUT2D eigenvalue weighted by molar-refractivity contribution is -0.129. The molecule has 0 bridgehead atoms. The molecule has 25 heavy (non-hydrogen) atoms. The maximum Gasteiger partial charge on any atom is 0.233 e. The summed E-state index contributed by atoms with van der Waals surface area (Å²) < 4.78 is 1.54. The second kappa shape index (κ2) is 9.35. The molecule has 3 rings (SSSR count). The van der Waals surface area contributed by atoms with Gasteiger partial charge in [-0.1, -0.05) is 65.2 Å². The number of piperidine rings is 1. The first-order valence-corrected chi connectivity index (χ1v) is 11.0. The molecule has 0 atom stereocenters. The second-order valence-corrected chi connectivity index (χ2v) is 9.06. The molecule has 1 aromatic carbocycles. The van der Waals surface area contributed by atoms with E-state index < -0.39 is 0 Å². The lowest BCUT2D eigenvalue weighted by atomic mass is 10.1. The van der Waals surface area contributed by atoms with E-state index in [1.54, 1.807) is 0 Å². The van der Waals surface area contributed by atoms with E-state index in [-0.39, 0.29) is 11.7 Å². The van der Waals surface area contributed by atoms with E-state index in [1.807, 2.05) is 35.2 Å². The Labute approximate surface area is 159 Å².